The van der Waals surface area contributed by atoms with Gasteiger partial charge in [-0.05, 0) is 30.7 Å². The minimum atomic E-state index is -0.430. The number of rotatable bonds is 4. The topological polar surface area (TPSA) is 61.0 Å². The van der Waals surface area contributed by atoms with Crippen molar-refractivity contribution in [1.29, 1.82) is 0 Å². The van der Waals surface area contributed by atoms with E-state index in [2.05, 4.69) is 9.97 Å². The Morgan fingerprint density at radius 3 is 2.67 bits per heavy atom. The number of hydrogen-bond acceptors (Lipinski definition) is 4. The lowest BCUT2D eigenvalue weighted by molar-refractivity contribution is 0.280. The van der Waals surface area contributed by atoms with Gasteiger partial charge >= 0.3 is 0 Å². The molecule has 1 unspecified atom stereocenters. The van der Waals surface area contributed by atoms with Gasteiger partial charge in [0.25, 0.3) is 0 Å². The van der Waals surface area contributed by atoms with Gasteiger partial charge in [0.1, 0.15) is 6.61 Å². The van der Waals surface area contributed by atoms with Crippen molar-refractivity contribution in [3.63, 3.8) is 0 Å². The first-order valence-electron chi connectivity index (χ1n) is 5.60. The Morgan fingerprint density at radius 1 is 1.33 bits per heavy atom. The monoisotopic (exact) mass is 247 g/mol. The SMILES string of the molecule is CC(N)c1ccc(OCc2ncccn2)c(F)c1. The Labute approximate surface area is 105 Å². The highest BCUT2D eigenvalue weighted by Gasteiger charge is 2.07. The van der Waals surface area contributed by atoms with Gasteiger partial charge in [0.05, 0.1) is 0 Å². The first kappa shape index (κ1) is 12.4. The molecule has 0 saturated heterocycles. The summed E-state index contributed by atoms with van der Waals surface area (Å²) in [5.41, 5.74) is 6.40. The molecule has 94 valence electrons. The molecule has 1 heterocycles. The minimum absolute atomic E-state index is 0.134. The smallest absolute Gasteiger partial charge is 0.166 e. The van der Waals surface area contributed by atoms with Crippen molar-refractivity contribution in [1.82, 2.24) is 9.97 Å². The highest BCUT2D eigenvalue weighted by Crippen LogP contribution is 2.21. The Morgan fingerprint density at radius 2 is 2.06 bits per heavy atom. The van der Waals surface area contributed by atoms with Crippen molar-refractivity contribution in [2.24, 2.45) is 5.73 Å². The number of hydrogen-bond donors (Lipinski definition) is 1. The number of aromatic nitrogens is 2. The quantitative estimate of drug-likeness (QED) is 0.899. The van der Waals surface area contributed by atoms with E-state index in [9.17, 15) is 4.39 Å². The summed E-state index contributed by atoms with van der Waals surface area (Å²) in [4.78, 5) is 7.98. The normalized spacial score (nSPS) is 12.2. The van der Waals surface area contributed by atoms with E-state index in [0.29, 0.717) is 5.82 Å². The Bertz CT molecular complexity index is 517. The third kappa shape index (κ3) is 3.01. The lowest BCUT2D eigenvalue weighted by Crippen LogP contribution is -2.06. The Kier molecular flexibility index (Phi) is 3.84. The summed E-state index contributed by atoms with van der Waals surface area (Å²) < 4.78 is 19.0. The molecular formula is C13H14FN3O. The average molecular weight is 247 g/mol. The summed E-state index contributed by atoms with van der Waals surface area (Å²) in [6.45, 7) is 1.93. The van der Waals surface area contributed by atoms with Gasteiger partial charge in [-0.3, -0.25) is 0 Å². The van der Waals surface area contributed by atoms with Crippen LogP contribution in [0.3, 0.4) is 0 Å². The van der Waals surface area contributed by atoms with Gasteiger partial charge < -0.3 is 10.5 Å². The van der Waals surface area contributed by atoms with E-state index in [1.165, 1.54) is 6.07 Å². The van der Waals surface area contributed by atoms with E-state index in [1.807, 2.05) is 0 Å². The Hall–Kier alpha value is -2.01. The molecule has 0 saturated carbocycles. The molecule has 0 amide bonds. The van der Waals surface area contributed by atoms with Crippen LogP contribution in [0.25, 0.3) is 0 Å². The van der Waals surface area contributed by atoms with Crippen molar-refractivity contribution in [2.45, 2.75) is 19.6 Å². The fraction of sp³-hybridized carbons (Fsp3) is 0.231. The van der Waals surface area contributed by atoms with Gasteiger partial charge in [0.2, 0.25) is 0 Å². The van der Waals surface area contributed by atoms with Crippen LogP contribution in [0.2, 0.25) is 0 Å². The fourth-order valence-electron chi connectivity index (χ4n) is 1.46. The Balaban J connectivity index is 2.06. The van der Waals surface area contributed by atoms with Crippen LogP contribution in [0.4, 0.5) is 4.39 Å². The molecule has 0 fully saturated rings. The maximum atomic E-state index is 13.7. The molecule has 2 rings (SSSR count). The lowest BCUT2D eigenvalue weighted by Gasteiger charge is -2.09. The van der Waals surface area contributed by atoms with Crippen LogP contribution in [0.5, 0.6) is 5.75 Å². The third-order valence-electron chi connectivity index (χ3n) is 2.46. The highest BCUT2D eigenvalue weighted by molar-refractivity contribution is 5.30. The number of benzene rings is 1. The highest BCUT2D eigenvalue weighted by atomic mass is 19.1. The van der Waals surface area contributed by atoms with Crippen LogP contribution in [0.1, 0.15) is 24.4 Å². The number of halogens is 1. The fourth-order valence-corrected chi connectivity index (χ4v) is 1.46. The molecule has 0 aliphatic heterocycles. The zero-order valence-corrected chi connectivity index (χ0v) is 10.0. The molecule has 1 atom stereocenters. The van der Waals surface area contributed by atoms with E-state index < -0.39 is 5.82 Å². The zero-order valence-electron chi connectivity index (χ0n) is 10.0. The summed E-state index contributed by atoms with van der Waals surface area (Å²) in [6, 6.07) is 6.20. The molecule has 1 aromatic heterocycles. The van der Waals surface area contributed by atoms with E-state index in [0.717, 1.165) is 5.56 Å². The summed E-state index contributed by atoms with van der Waals surface area (Å²) in [5, 5.41) is 0. The maximum Gasteiger partial charge on any atom is 0.166 e. The van der Waals surface area contributed by atoms with Gasteiger partial charge in [-0.2, -0.15) is 0 Å². The van der Waals surface area contributed by atoms with Crippen LogP contribution < -0.4 is 10.5 Å². The summed E-state index contributed by atoms with van der Waals surface area (Å²) in [5.74, 6) is 0.251. The second-order valence-electron chi connectivity index (χ2n) is 3.93. The minimum Gasteiger partial charge on any atom is -0.483 e. The van der Waals surface area contributed by atoms with Gasteiger partial charge in [-0.25, -0.2) is 14.4 Å². The van der Waals surface area contributed by atoms with Crippen LogP contribution in [0, 0.1) is 5.82 Å². The molecule has 0 radical (unpaired) electrons. The molecule has 18 heavy (non-hydrogen) atoms. The molecule has 4 nitrogen and oxygen atoms in total. The molecule has 0 bridgehead atoms. The van der Waals surface area contributed by atoms with Gasteiger partial charge in [-0.1, -0.05) is 6.07 Å². The second-order valence-corrected chi connectivity index (χ2v) is 3.93. The van der Waals surface area contributed by atoms with E-state index in [-0.39, 0.29) is 18.4 Å². The van der Waals surface area contributed by atoms with Crippen LogP contribution in [-0.2, 0) is 6.61 Å². The van der Waals surface area contributed by atoms with Crippen molar-refractivity contribution in [3.8, 4) is 5.75 Å². The standard InChI is InChI=1S/C13H14FN3O/c1-9(15)10-3-4-12(11(14)7-10)18-8-13-16-5-2-6-17-13/h2-7,9H,8,15H2,1H3. The largest absolute Gasteiger partial charge is 0.483 e. The summed E-state index contributed by atoms with van der Waals surface area (Å²) in [7, 11) is 0. The summed E-state index contributed by atoms with van der Waals surface area (Å²) >= 11 is 0. The average Bonchev–Trinajstić information content (AvgIpc) is 2.38. The molecule has 2 N–H and O–H groups in total. The van der Waals surface area contributed by atoms with Crippen LogP contribution in [0.15, 0.2) is 36.7 Å². The van der Waals surface area contributed by atoms with Crippen molar-refractivity contribution in [3.05, 3.63) is 53.9 Å². The molecule has 0 aliphatic rings. The van der Waals surface area contributed by atoms with Crippen molar-refractivity contribution < 1.29 is 9.13 Å². The van der Waals surface area contributed by atoms with Gasteiger partial charge in [-0.15, -0.1) is 0 Å². The lowest BCUT2D eigenvalue weighted by atomic mass is 10.1. The predicted molar refractivity (Wildman–Crippen MR) is 65.4 cm³/mol. The number of nitrogens with two attached hydrogens (primary N) is 1. The first-order valence-corrected chi connectivity index (χ1v) is 5.60. The summed E-state index contributed by atoms with van der Waals surface area (Å²) in [6.07, 6.45) is 3.22. The van der Waals surface area contributed by atoms with E-state index in [1.54, 1.807) is 37.5 Å². The molecule has 0 spiro atoms. The van der Waals surface area contributed by atoms with Crippen molar-refractivity contribution in [2.75, 3.05) is 0 Å². The predicted octanol–water partition coefficient (Wildman–Crippen LogP) is 2.21. The second kappa shape index (κ2) is 5.55. The van der Waals surface area contributed by atoms with E-state index >= 15 is 0 Å². The van der Waals surface area contributed by atoms with Crippen LogP contribution in [-0.4, -0.2) is 9.97 Å². The third-order valence-corrected chi connectivity index (χ3v) is 2.46. The molecule has 5 heteroatoms. The number of nitrogens with zero attached hydrogens (tertiary/aromatic N) is 2. The zero-order chi connectivity index (χ0) is 13.0. The molecule has 0 aliphatic carbocycles. The molecule has 2 aromatic rings. The van der Waals surface area contributed by atoms with Crippen molar-refractivity contribution >= 4 is 0 Å². The van der Waals surface area contributed by atoms with Gasteiger partial charge in [0, 0.05) is 18.4 Å². The first-order chi connectivity index (χ1) is 8.66. The van der Waals surface area contributed by atoms with E-state index in [4.69, 9.17) is 10.5 Å². The molecule has 1 aromatic carbocycles. The van der Waals surface area contributed by atoms with Gasteiger partial charge in [0.15, 0.2) is 17.4 Å². The number of ether oxygens (including phenoxy) is 1. The van der Waals surface area contributed by atoms with Crippen LogP contribution >= 0.6 is 0 Å². The maximum absolute atomic E-state index is 13.7. The molecular weight excluding hydrogens is 233 g/mol.